The number of hydrogen-bond acceptors (Lipinski definition) is 1. The SMILES string of the molecule is CCCC(=O)CC1(c2ccc(Br)cc2)CCC1. The van der Waals surface area contributed by atoms with E-state index >= 15 is 0 Å². The molecule has 1 aliphatic rings. The van der Waals surface area contributed by atoms with Gasteiger partial charge in [-0.25, -0.2) is 0 Å². The van der Waals surface area contributed by atoms with Crippen molar-refractivity contribution in [3.05, 3.63) is 34.3 Å². The van der Waals surface area contributed by atoms with Crippen molar-refractivity contribution < 1.29 is 4.79 Å². The molecule has 0 saturated heterocycles. The van der Waals surface area contributed by atoms with Gasteiger partial charge in [0.2, 0.25) is 0 Å². The lowest BCUT2D eigenvalue weighted by Crippen LogP contribution is -2.36. The van der Waals surface area contributed by atoms with Gasteiger partial charge in [0.25, 0.3) is 0 Å². The van der Waals surface area contributed by atoms with Crippen LogP contribution in [-0.4, -0.2) is 5.78 Å². The Morgan fingerprint density at radius 3 is 2.41 bits per heavy atom. The summed E-state index contributed by atoms with van der Waals surface area (Å²) in [7, 11) is 0. The van der Waals surface area contributed by atoms with E-state index in [2.05, 4.69) is 47.1 Å². The van der Waals surface area contributed by atoms with E-state index in [1.807, 2.05) is 0 Å². The molecule has 1 aromatic rings. The molecule has 1 nitrogen and oxygen atoms in total. The maximum Gasteiger partial charge on any atom is 0.133 e. The number of ketones is 1. The number of hydrogen-bond donors (Lipinski definition) is 0. The number of carbonyl (C=O) groups excluding carboxylic acids is 1. The Morgan fingerprint density at radius 2 is 1.94 bits per heavy atom. The lowest BCUT2D eigenvalue weighted by molar-refractivity contribution is -0.121. The van der Waals surface area contributed by atoms with Gasteiger partial charge in [-0.15, -0.1) is 0 Å². The Labute approximate surface area is 112 Å². The largest absolute Gasteiger partial charge is 0.300 e. The standard InChI is InChI=1S/C15H19BrO/c1-2-4-14(17)11-15(9-3-10-15)12-5-7-13(16)8-6-12/h5-8H,2-4,9-11H2,1H3. The minimum Gasteiger partial charge on any atom is -0.300 e. The zero-order valence-electron chi connectivity index (χ0n) is 10.3. The van der Waals surface area contributed by atoms with Gasteiger partial charge < -0.3 is 0 Å². The summed E-state index contributed by atoms with van der Waals surface area (Å²) in [5.41, 5.74) is 1.50. The minimum absolute atomic E-state index is 0.160. The number of carbonyl (C=O) groups is 1. The molecule has 0 amide bonds. The fourth-order valence-corrected chi connectivity index (χ4v) is 2.98. The first-order valence-corrected chi connectivity index (χ1v) is 7.23. The van der Waals surface area contributed by atoms with E-state index in [1.165, 1.54) is 24.8 Å². The van der Waals surface area contributed by atoms with Gasteiger partial charge in [-0.3, -0.25) is 4.79 Å². The van der Waals surface area contributed by atoms with Crippen LogP contribution in [-0.2, 0) is 10.2 Å². The molecule has 0 aromatic heterocycles. The van der Waals surface area contributed by atoms with Crippen LogP contribution >= 0.6 is 15.9 Å². The van der Waals surface area contributed by atoms with Crippen LogP contribution in [0, 0.1) is 0 Å². The summed E-state index contributed by atoms with van der Waals surface area (Å²) >= 11 is 3.46. The first-order valence-electron chi connectivity index (χ1n) is 6.44. The van der Waals surface area contributed by atoms with Crippen molar-refractivity contribution >= 4 is 21.7 Å². The average Bonchev–Trinajstić information content (AvgIpc) is 2.25. The van der Waals surface area contributed by atoms with Crippen LogP contribution in [0.15, 0.2) is 28.7 Å². The predicted octanol–water partition coefficient (Wildman–Crippen LogP) is 4.63. The second-order valence-electron chi connectivity index (χ2n) is 5.11. The maximum atomic E-state index is 11.9. The zero-order chi connectivity index (χ0) is 12.3. The van der Waals surface area contributed by atoms with Gasteiger partial charge >= 0.3 is 0 Å². The van der Waals surface area contributed by atoms with Gasteiger partial charge in [-0.1, -0.05) is 41.4 Å². The lowest BCUT2D eigenvalue weighted by Gasteiger charge is -2.42. The number of Topliss-reactive ketones (excluding diaryl/α,β-unsaturated/α-hetero) is 1. The van der Waals surface area contributed by atoms with Crippen molar-refractivity contribution in [1.29, 1.82) is 0 Å². The highest BCUT2D eigenvalue weighted by Gasteiger charge is 2.39. The van der Waals surface area contributed by atoms with Gasteiger partial charge in [0, 0.05) is 22.7 Å². The molecular weight excluding hydrogens is 276 g/mol. The Bertz CT molecular complexity index is 390. The van der Waals surface area contributed by atoms with Crippen molar-refractivity contribution in [1.82, 2.24) is 0 Å². The van der Waals surface area contributed by atoms with Crippen molar-refractivity contribution in [2.45, 2.75) is 50.9 Å². The Kier molecular flexibility index (Phi) is 4.03. The van der Waals surface area contributed by atoms with E-state index in [0.29, 0.717) is 5.78 Å². The van der Waals surface area contributed by atoms with Crippen LogP contribution in [0.4, 0.5) is 0 Å². The third kappa shape index (κ3) is 2.79. The van der Waals surface area contributed by atoms with E-state index in [0.717, 1.165) is 23.7 Å². The van der Waals surface area contributed by atoms with Crippen LogP contribution in [0.5, 0.6) is 0 Å². The van der Waals surface area contributed by atoms with Crippen LogP contribution in [0.2, 0.25) is 0 Å². The van der Waals surface area contributed by atoms with Crippen LogP contribution in [0.3, 0.4) is 0 Å². The van der Waals surface area contributed by atoms with E-state index in [9.17, 15) is 4.79 Å². The first-order chi connectivity index (χ1) is 8.16. The molecule has 1 saturated carbocycles. The molecule has 1 fully saturated rings. The monoisotopic (exact) mass is 294 g/mol. The van der Waals surface area contributed by atoms with Gasteiger partial charge in [-0.05, 0) is 37.0 Å². The third-order valence-corrected chi connectivity index (χ3v) is 4.36. The summed E-state index contributed by atoms with van der Waals surface area (Å²) in [4.78, 5) is 11.9. The van der Waals surface area contributed by atoms with E-state index in [-0.39, 0.29) is 5.41 Å². The summed E-state index contributed by atoms with van der Waals surface area (Å²) in [5, 5.41) is 0. The van der Waals surface area contributed by atoms with Crippen molar-refractivity contribution in [3.63, 3.8) is 0 Å². The van der Waals surface area contributed by atoms with Crippen LogP contribution in [0.1, 0.15) is 51.0 Å². The fraction of sp³-hybridized carbons (Fsp3) is 0.533. The molecule has 0 radical (unpaired) electrons. The Balaban J connectivity index is 2.14. The van der Waals surface area contributed by atoms with Crippen LogP contribution < -0.4 is 0 Å². The summed E-state index contributed by atoms with van der Waals surface area (Å²) < 4.78 is 1.11. The summed E-state index contributed by atoms with van der Waals surface area (Å²) in [6, 6.07) is 8.50. The molecule has 0 N–H and O–H groups in total. The average molecular weight is 295 g/mol. The smallest absolute Gasteiger partial charge is 0.133 e. The second kappa shape index (κ2) is 5.34. The van der Waals surface area contributed by atoms with Gasteiger partial charge in [0.15, 0.2) is 0 Å². The predicted molar refractivity (Wildman–Crippen MR) is 74.2 cm³/mol. The summed E-state index contributed by atoms with van der Waals surface area (Å²) in [5.74, 6) is 0.426. The van der Waals surface area contributed by atoms with Gasteiger partial charge in [0.05, 0.1) is 0 Å². The van der Waals surface area contributed by atoms with Crippen molar-refractivity contribution in [2.75, 3.05) is 0 Å². The highest BCUT2D eigenvalue weighted by molar-refractivity contribution is 9.10. The maximum absolute atomic E-state index is 11.9. The lowest BCUT2D eigenvalue weighted by atomic mass is 9.62. The van der Waals surface area contributed by atoms with E-state index in [1.54, 1.807) is 0 Å². The fourth-order valence-electron chi connectivity index (χ4n) is 2.72. The second-order valence-corrected chi connectivity index (χ2v) is 6.02. The van der Waals surface area contributed by atoms with Crippen molar-refractivity contribution in [2.24, 2.45) is 0 Å². The number of rotatable bonds is 5. The third-order valence-electron chi connectivity index (χ3n) is 3.83. The van der Waals surface area contributed by atoms with Gasteiger partial charge in [0.1, 0.15) is 5.78 Å². The topological polar surface area (TPSA) is 17.1 Å². The summed E-state index contributed by atoms with van der Waals surface area (Å²) in [6.45, 7) is 2.07. The minimum atomic E-state index is 0.160. The molecular formula is C15H19BrO. The van der Waals surface area contributed by atoms with Crippen LogP contribution in [0.25, 0.3) is 0 Å². The highest BCUT2D eigenvalue weighted by Crippen LogP contribution is 2.47. The molecule has 0 spiro atoms. The molecule has 17 heavy (non-hydrogen) atoms. The van der Waals surface area contributed by atoms with E-state index < -0.39 is 0 Å². The molecule has 0 unspecified atom stereocenters. The molecule has 0 heterocycles. The highest BCUT2D eigenvalue weighted by atomic mass is 79.9. The molecule has 2 heteroatoms. The normalized spacial score (nSPS) is 17.5. The molecule has 1 aromatic carbocycles. The summed E-state index contributed by atoms with van der Waals surface area (Å²) in [6.07, 6.45) is 6.04. The molecule has 92 valence electrons. The molecule has 0 bridgehead atoms. The Morgan fingerprint density at radius 1 is 1.29 bits per heavy atom. The molecule has 1 aliphatic carbocycles. The first kappa shape index (κ1) is 12.8. The number of benzene rings is 1. The number of halogens is 1. The molecule has 0 atom stereocenters. The van der Waals surface area contributed by atoms with E-state index in [4.69, 9.17) is 0 Å². The molecule has 2 rings (SSSR count). The van der Waals surface area contributed by atoms with Crippen molar-refractivity contribution in [3.8, 4) is 0 Å². The Hall–Kier alpha value is -0.630. The molecule has 0 aliphatic heterocycles. The quantitative estimate of drug-likeness (QED) is 0.774. The zero-order valence-corrected chi connectivity index (χ0v) is 11.9. The van der Waals surface area contributed by atoms with Gasteiger partial charge in [-0.2, -0.15) is 0 Å².